The average molecular weight is 713 g/mol. The van der Waals surface area contributed by atoms with E-state index in [4.69, 9.17) is 34.5 Å². The van der Waals surface area contributed by atoms with Crippen LogP contribution in [0.25, 0.3) is 0 Å². The predicted molar refractivity (Wildman–Crippen MR) is 174 cm³/mol. The average Bonchev–Trinajstić information content (AvgIpc) is 3.07. The van der Waals surface area contributed by atoms with E-state index in [0.29, 0.717) is 6.42 Å². The van der Waals surface area contributed by atoms with Gasteiger partial charge in [-0.1, -0.05) is 18.2 Å². The summed E-state index contributed by atoms with van der Waals surface area (Å²) in [5.41, 5.74) is 6.33. The second-order valence-electron chi connectivity index (χ2n) is 11.9. The van der Waals surface area contributed by atoms with Gasteiger partial charge in [-0.05, 0) is 20.3 Å². The normalized spacial score (nSPS) is 28.6. The summed E-state index contributed by atoms with van der Waals surface area (Å²) in [6, 6.07) is 0. The highest BCUT2D eigenvalue weighted by atomic mass is 16.8. The van der Waals surface area contributed by atoms with Crippen molar-refractivity contribution in [3.05, 3.63) is 59.7 Å². The number of esters is 1. The van der Waals surface area contributed by atoms with Gasteiger partial charge in [-0.2, -0.15) is 0 Å². The molecular weight excluding hydrogens is 664 g/mol. The smallest absolute Gasteiger partial charge is 0.337 e. The summed E-state index contributed by atoms with van der Waals surface area (Å²) in [7, 11) is 1.17. The minimum absolute atomic E-state index is 0.0148. The summed E-state index contributed by atoms with van der Waals surface area (Å²) in [6.45, 7) is 6.07. The van der Waals surface area contributed by atoms with Gasteiger partial charge in [0.2, 0.25) is 12.1 Å². The number of allylic oxidation sites excluding steroid dienone is 2. The maximum absolute atomic E-state index is 12.9. The number of nitrogens with two attached hydrogens (primary N) is 1. The number of carbonyl (C=O) groups is 2. The molecule has 18 nitrogen and oxygen atoms in total. The van der Waals surface area contributed by atoms with E-state index in [-0.39, 0.29) is 61.2 Å². The zero-order valence-corrected chi connectivity index (χ0v) is 28.1. The van der Waals surface area contributed by atoms with Crippen LogP contribution in [0.2, 0.25) is 0 Å². The van der Waals surface area contributed by atoms with E-state index in [9.17, 15) is 40.2 Å². The van der Waals surface area contributed by atoms with E-state index >= 15 is 0 Å². The van der Waals surface area contributed by atoms with Gasteiger partial charge in [0.15, 0.2) is 18.4 Å². The van der Waals surface area contributed by atoms with Gasteiger partial charge in [0.25, 0.3) is 0 Å². The monoisotopic (exact) mass is 712 g/mol. The Labute approximate surface area is 289 Å². The maximum atomic E-state index is 12.9. The number of ether oxygens (including phenoxy) is 5. The second-order valence-corrected chi connectivity index (χ2v) is 11.9. The van der Waals surface area contributed by atoms with Gasteiger partial charge in [0, 0.05) is 37.4 Å². The van der Waals surface area contributed by atoms with E-state index < -0.39 is 73.2 Å². The molecular formula is C32H48N4O14. The van der Waals surface area contributed by atoms with Crippen molar-refractivity contribution in [2.45, 2.75) is 63.1 Å². The third-order valence-corrected chi connectivity index (χ3v) is 7.99. The van der Waals surface area contributed by atoms with Crippen LogP contribution < -0.4 is 11.1 Å². The second kappa shape index (κ2) is 18.4. The standard InChI is InChI=1S/C32H48N4O14/c1-5-19-20(8-7-18-13-36(10-12-38)14-21(27(41)42)24(18)35-31(33)34-9-6-11-37)22(28(43)46-4)16-47-29(19)50-30-26(48-17(2)3)32(44,45)25(40)23(15-39)49-30/h5,7-8,13,16-17,19-20,23,25-26,29-30,37-40,44-45H,1,6,9-12,14-15H2,2-4H3,(H,41,42)(H3,33,34,35)/b8-7-/t19-,20+,23-,25-,26+,29+,30+/m1/s1. The number of aliphatic imine (C=N–C) groups is 1. The Morgan fingerprint density at radius 1 is 1.24 bits per heavy atom. The van der Waals surface area contributed by atoms with Gasteiger partial charge in [-0.3, -0.25) is 4.99 Å². The first-order valence-electron chi connectivity index (χ1n) is 15.9. The summed E-state index contributed by atoms with van der Waals surface area (Å²) in [5, 5.41) is 73.5. The number of methoxy groups -OCH3 is 1. The van der Waals surface area contributed by atoms with Crippen LogP contribution in [0.4, 0.5) is 0 Å². The molecule has 3 aliphatic rings. The minimum atomic E-state index is -2.92. The minimum Gasteiger partial charge on any atom is -0.478 e. The van der Waals surface area contributed by atoms with Crippen molar-refractivity contribution in [2.24, 2.45) is 22.6 Å². The fourth-order valence-electron chi connectivity index (χ4n) is 5.53. The quantitative estimate of drug-likeness (QED) is 0.0204. The van der Waals surface area contributed by atoms with Crippen LogP contribution in [0.3, 0.4) is 0 Å². The zero-order valence-electron chi connectivity index (χ0n) is 28.1. The van der Waals surface area contributed by atoms with Gasteiger partial charge in [-0.15, -0.1) is 6.58 Å². The number of nitrogens with one attached hydrogen (secondary N) is 1. The Morgan fingerprint density at radius 2 is 1.96 bits per heavy atom. The van der Waals surface area contributed by atoms with E-state index in [1.165, 1.54) is 19.3 Å². The van der Waals surface area contributed by atoms with Crippen molar-refractivity contribution < 1.29 is 69.0 Å². The molecule has 280 valence electrons. The Balaban J connectivity index is 2.06. The SMILES string of the molecule is C=C[C@H]1[C@H](O[C@@H]2O[C@H](CO)[C@@H](O)C(O)(O)[C@H]2OC(C)C)OC=C(C(=O)OC)[C@H]1/C=C\C1=CN(CCO)CC(C(=O)O)=C1NC(N)=NCCCO. The fraction of sp³-hybridized carbons (Fsp3) is 0.594. The maximum Gasteiger partial charge on any atom is 0.337 e. The largest absolute Gasteiger partial charge is 0.478 e. The van der Waals surface area contributed by atoms with Gasteiger partial charge in [0.1, 0.15) is 12.2 Å². The molecule has 50 heavy (non-hydrogen) atoms. The third kappa shape index (κ3) is 9.68. The number of aliphatic carboxylic acids is 1. The van der Waals surface area contributed by atoms with Crippen molar-refractivity contribution in [1.29, 1.82) is 0 Å². The lowest BCUT2D eigenvalue weighted by Gasteiger charge is -2.48. The zero-order chi connectivity index (χ0) is 37.2. The van der Waals surface area contributed by atoms with Crippen molar-refractivity contribution in [3.63, 3.8) is 0 Å². The highest BCUT2D eigenvalue weighted by Gasteiger charge is 2.57. The summed E-state index contributed by atoms with van der Waals surface area (Å²) < 4.78 is 28.1. The topological polar surface area (TPSA) is 276 Å². The number of carboxylic acids is 1. The highest BCUT2D eigenvalue weighted by molar-refractivity contribution is 5.92. The van der Waals surface area contributed by atoms with Crippen molar-refractivity contribution >= 4 is 17.9 Å². The van der Waals surface area contributed by atoms with Gasteiger partial charge in [-0.25, -0.2) is 9.59 Å². The molecule has 0 radical (unpaired) electrons. The molecule has 0 spiro atoms. The molecule has 0 aromatic heterocycles. The number of carbonyl (C=O) groups excluding carboxylic acids is 1. The summed E-state index contributed by atoms with van der Waals surface area (Å²) in [4.78, 5) is 31.0. The van der Waals surface area contributed by atoms with E-state index in [0.717, 1.165) is 6.26 Å². The molecule has 3 rings (SSSR count). The van der Waals surface area contributed by atoms with Crippen molar-refractivity contribution in [1.82, 2.24) is 10.2 Å². The molecule has 0 aromatic carbocycles. The number of carboxylic acid groups (broad SMARTS) is 1. The molecule has 0 unspecified atom stereocenters. The van der Waals surface area contributed by atoms with Gasteiger partial charge >= 0.3 is 11.9 Å². The molecule has 0 saturated carbocycles. The molecule has 0 bridgehead atoms. The molecule has 1 fully saturated rings. The van der Waals surface area contributed by atoms with Crippen LogP contribution in [-0.2, 0) is 33.3 Å². The number of aliphatic hydroxyl groups excluding tert-OH is 4. The molecule has 3 aliphatic heterocycles. The first-order valence-corrected chi connectivity index (χ1v) is 15.9. The Hall–Kier alpha value is -3.85. The predicted octanol–water partition coefficient (Wildman–Crippen LogP) is -2.24. The lowest BCUT2D eigenvalue weighted by Crippen LogP contribution is -2.69. The lowest BCUT2D eigenvalue weighted by atomic mass is 9.83. The number of hydrogen-bond acceptors (Lipinski definition) is 15. The first-order chi connectivity index (χ1) is 23.7. The van der Waals surface area contributed by atoms with E-state index in [1.807, 2.05) is 0 Å². The van der Waals surface area contributed by atoms with E-state index in [1.54, 1.807) is 31.0 Å². The molecule has 0 amide bonds. The van der Waals surface area contributed by atoms with Crippen LogP contribution in [0.1, 0.15) is 20.3 Å². The van der Waals surface area contributed by atoms with Crippen molar-refractivity contribution in [2.75, 3.05) is 46.6 Å². The third-order valence-electron chi connectivity index (χ3n) is 7.99. The lowest BCUT2D eigenvalue weighted by molar-refractivity contribution is -0.413. The Morgan fingerprint density at radius 3 is 2.54 bits per heavy atom. The fourth-order valence-corrected chi connectivity index (χ4v) is 5.53. The van der Waals surface area contributed by atoms with Crippen molar-refractivity contribution in [3.8, 4) is 0 Å². The summed E-state index contributed by atoms with van der Waals surface area (Å²) in [6.07, 6.45) is -1.17. The van der Waals surface area contributed by atoms with Crippen LogP contribution in [0, 0.1) is 11.8 Å². The molecule has 18 heteroatoms. The number of β-amino-alcohol motifs (C(OH)–C–C–N with tert-alkyl or cyclic N) is 1. The Bertz CT molecular complexity index is 1360. The summed E-state index contributed by atoms with van der Waals surface area (Å²) >= 11 is 0. The number of aliphatic hydroxyl groups is 6. The van der Waals surface area contributed by atoms with Crippen LogP contribution >= 0.6 is 0 Å². The first kappa shape index (κ1) is 40.6. The Kier molecular flexibility index (Phi) is 14.9. The molecule has 0 aromatic rings. The number of rotatable bonds is 16. The summed E-state index contributed by atoms with van der Waals surface area (Å²) in [5.74, 6) is -6.90. The van der Waals surface area contributed by atoms with Gasteiger partial charge in [0.05, 0.1) is 62.0 Å². The molecule has 3 heterocycles. The van der Waals surface area contributed by atoms with E-state index in [2.05, 4.69) is 16.9 Å². The van der Waals surface area contributed by atoms with Gasteiger partial charge < -0.3 is 75.4 Å². The van der Waals surface area contributed by atoms with Crippen LogP contribution in [-0.4, -0.2) is 148 Å². The molecule has 7 atom stereocenters. The molecule has 0 aliphatic carbocycles. The van der Waals surface area contributed by atoms with Crippen LogP contribution in [0.15, 0.2) is 64.7 Å². The highest BCUT2D eigenvalue weighted by Crippen LogP contribution is 2.38. The number of hydrogen-bond donors (Lipinski definition) is 9. The molecule has 1 saturated heterocycles. The molecule has 10 N–H and O–H groups in total. The number of nitrogens with zero attached hydrogens (tertiary/aromatic N) is 2. The van der Waals surface area contributed by atoms with Crippen LogP contribution in [0.5, 0.6) is 0 Å². The number of guanidine groups is 1.